The maximum atomic E-state index is 13.9. The van der Waals surface area contributed by atoms with Crippen molar-refractivity contribution in [2.45, 2.75) is 45.2 Å². The summed E-state index contributed by atoms with van der Waals surface area (Å²) in [6.45, 7) is 3.79. The lowest BCUT2D eigenvalue weighted by Crippen LogP contribution is -2.32. The van der Waals surface area contributed by atoms with E-state index < -0.39 is 17.7 Å². The number of hydrogen-bond acceptors (Lipinski definition) is 5. The van der Waals surface area contributed by atoms with Gasteiger partial charge in [-0.15, -0.1) is 0 Å². The first-order valence-corrected chi connectivity index (χ1v) is 12.4. The van der Waals surface area contributed by atoms with E-state index in [1.807, 2.05) is 38.1 Å². The molecule has 1 amide bonds. The molecule has 4 rings (SSSR count). The van der Waals surface area contributed by atoms with Gasteiger partial charge in [-0.25, -0.2) is 0 Å². The third-order valence-corrected chi connectivity index (χ3v) is 7.27. The van der Waals surface area contributed by atoms with Gasteiger partial charge in [-0.05, 0) is 55.5 Å². The Kier molecular flexibility index (Phi) is 7.27. The van der Waals surface area contributed by atoms with Crippen molar-refractivity contribution < 1.29 is 22.8 Å². The maximum Gasteiger partial charge on any atom is 0.416 e. The van der Waals surface area contributed by atoms with Crippen molar-refractivity contribution in [1.29, 1.82) is 5.26 Å². The molecule has 36 heavy (non-hydrogen) atoms. The fraction of sp³-hybridized carbons (Fsp3) is 0.296. The minimum absolute atomic E-state index is 0.00485. The number of aryl methyl sites for hydroxylation is 2. The third kappa shape index (κ3) is 5.19. The minimum Gasteiger partial charge on any atom is -0.352 e. The van der Waals surface area contributed by atoms with E-state index in [0.717, 1.165) is 29.0 Å². The molecule has 2 aromatic carbocycles. The predicted molar refractivity (Wildman–Crippen MR) is 133 cm³/mol. The summed E-state index contributed by atoms with van der Waals surface area (Å²) in [5, 5.41) is 16.3. The molecular weight excluding hydrogens is 487 g/mol. The molecule has 9 heteroatoms. The lowest BCUT2D eigenvalue weighted by molar-refractivity contribution is -0.138. The summed E-state index contributed by atoms with van der Waals surface area (Å²) in [4.78, 5) is 25.6. The smallest absolute Gasteiger partial charge is 0.352 e. The first-order chi connectivity index (χ1) is 17.1. The van der Waals surface area contributed by atoms with Crippen LogP contribution in [0.25, 0.3) is 0 Å². The fourth-order valence-corrected chi connectivity index (χ4v) is 5.41. The molecule has 1 aliphatic carbocycles. The van der Waals surface area contributed by atoms with Crippen LogP contribution >= 0.6 is 11.8 Å². The van der Waals surface area contributed by atoms with Crippen LogP contribution in [-0.4, -0.2) is 17.4 Å². The molecule has 0 aromatic heterocycles. The molecular formula is C27H24F3N3O2S. The Bertz CT molecular complexity index is 1340. The standard InChI is InChI=1S/C27H24F3N3O2S/c1-15-10-11-16(2)21(12-15)32-23(35)14-36-26-18(13-31)24(25-20(33-26)8-5-9-22(25)34)17-6-3-4-7-19(17)27(28,29)30/h3-4,6-7,10-12,24,33H,5,8-9,14H2,1-2H3,(H,32,35). The average molecular weight is 512 g/mol. The van der Waals surface area contributed by atoms with E-state index >= 15 is 0 Å². The van der Waals surface area contributed by atoms with Crippen LogP contribution in [0.3, 0.4) is 0 Å². The van der Waals surface area contributed by atoms with Crippen LogP contribution in [0.1, 0.15) is 47.4 Å². The minimum atomic E-state index is -4.65. The van der Waals surface area contributed by atoms with E-state index in [0.29, 0.717) is 29.3 Å². The zero-order valence-electron chi connectivity index (χ0n) is 19.8. The van der Waals surface area contributed by atoms with E-state index in [1.165, 1.54) is 18.2 Å². The van der Waals surface area contributed by atoms with Gasteiger partial charge in [0.2, 0.25) is 5.91 Å². The van der Waals surface area contributed by atoms with Crippen molar-refractivity contribution >= 4 is 29.1 Å². The molecule has 186 valence electrons. The number of anilines is 1. The van der Waals surface area contributed by atoms with E-state index in [9.17, 15) is 28.0 Å². The Hall–Kier alpha value is -3.51. The summed E-state index contributed by atoms with van der Waals surface area (Å²) >= 11 is 1.04. The number of benzene rings is 2. The van der Waals surface area contributed by atoms with Crippen molar-refractivity contribution in [2.75, 3.05) is 11.1 Å². The molecule has 2 N–H and O–H groups in total. The second-order valence-electron chi connectivity index (χ2n) is 8.82. The summed E-state index contributed by atoms with van der Waals surface area (Å²) in [6, 6.07) is 12.8. The molecule has 0 fully saturated rings. The zero-order chi connectivity index (χ0) is 26.0. The second kappa shape index (κ2) is 10.2. The van der Waals surface area contributed by atoms with E-state index in [2.05, 4.69) is 10.6 Å². The van der Waals surface area contributed by atoms with Gasteiger partial charge >= 0.3 is 6.18 Å². The Morgan fingerprint density at radius 1 is 1.19 bits per heavy atom. The van der Waals surface area contributed by atoms with Crippen LogP contribution in [0.2, 0.25) is 0 Å². The highest BCUT2D eigenvalue weighted by Crippen LogP contribution is 2.47. The van der Waals surface area contributed by atoms with Gasteiger partial charge in [-0.1, -0.05) is 42.1 Å². The monoisotopic (exact) mass is 511 g/mol. The average Bonchev–Trinajstić information content (AvgIpc) is 2.83. The summed E-state index contributed by atoms with van der Waals surface area (Å²) in [7, 11) is 0. The van der Waals surface area contributed by atoms with Gasteiger partial charge in [0.15, 0.2) is 5.78 Å². The molecule has 0 saturated heterocycles. The van der Waals surface area contributed by atoms with Crippen LogP contribution in [0, 0.1) is 25.2 Å². The Morgan fingerprint density at radius 3 is 2.67 bits per heavy atom. The lowest BCUT2D eigenvalue weighted by atomic mass is 9.75. The second-order valence-corrected chi connectivity index (χ2v) is 9.81. The number of alkyl halides is 3. The number of rotatable bonds is 5. The largest absolute Gasteiger partial charge is 0.416 e. The third-order valence-electron chi connectivity index (χ3n) is 6.25. The number of carbonyl (C=O) groups is 2. The van der Waals surface area contributed by atoms with Gasteiger partial charge in [0, 0.05) is 23.4 Å². The number of Topliss-reactive ketones (excluding diaryl/α,β-unsaturated/α-hetero) is 1. The number of halogens is 3. The zero-order valence-corrected chi connectivity index (χ0v) is 20.6. The van der Waals surface area contributed by atoms with E-state index in [-0.39, 0.29) is 40.6 Å². The number of thioether (sulfide) groups is 1. The van der Waals surface area contributed by atoms with Gasteiger partial charge in [-0.2, -0.15) is 18.4 Å². The molecule has 0 saturated carbocycles. The SMILES string of the molecule is Cc1ccc(C)c(NC(=O)CSC2=C(C#N)C(c3ccccc3C(F)(F)F)C3=C(CCCC3=O)N2)c1. The lowest BCUT2D eigenvalue weighted by Gasteiger charge is -2.34. The molecule has 1 aliphatic heterocycles. The van der Waals surface area contributed by atoms with Crippen LogP contribution < -0.4 is 10.6 Å². The highest BCUT2D eigenvalue weighted by atomic mass is 32.2. The number of hydrogen-bond donors (Lipinski definition) is 2. The number of nitrogens with zero attached hydrogens (tertiary/aromatic N) is 1. The highest BCUT2D eigenvalue weighted by Gasteiger charge is 2.42. The van der Waals surface area contributed by atoms with Crippen molar-refractivity contribution in [2.24, 2.45) is 0 Å². The topological polar surface area (TPSA) is 82.0 Å². The Morgan fingerprint density at radius 2 is 1.94 bits per heavy atom. The molecule has 0 bridgehead atoms. The molecule has 2 aromatic rings. The van der Waals surface area contributed by atoms with Crippen LogP contribution in [0.15, 0.2) is 64.3 Å². The van der Waals surface area contributed by atoms with Gasteiger partial charge in [0.05, 0.1) is 33.9 Å². The van der Waals surface area contributed by atoms with E-state index in [4.69, 9.17) is 0 Å². The number of amides is 1. The number of dihydropyridines is 1. The van der Waals surface area contributed by atoms with Gasteiger partial charge in [0.1, 0.15) is 0 Å². The summed E-state index contributed by atoms with van der Waals surface area (Å²) < 4.78 is 41.7. The van der Waals surface area contributed by atoms with Gasteiger partial charge in [0.25, 0.3) is 0 Å². The Balaban J connectivity index is 1.69. The number of allylic oxidation sites excluding steroid dienone is 3. The van der Waals surface area contributed by atoms with Crippen LogP contribution in [0.5, 0.6) is 0 Å². The predicted octanol–water partition coefficient (Wildman–Crippen LogP) is 6.12. The van der Waals surface area contributed by atoms with Gasteiger partial charge in [-0.3, -0.25) is 9.59 Å². The maximum absolute atomic E-state index is 13.9. The van der Waals surface area contributed by atoms with Crippen molar-refractivity contribution in [3.8, 4) is 6.07 Å². The first-order valence-electron chi connectivity index (χ1n) is 11.4. The Labute approximate surface area is 211 Å². The quantitative estimate of drug-likeness (QED) is 0.505. The van der Waals surface area contributed by atoms with Crippen LogP contribution in [0.4, 0.5) is 18.9 Å². The van der Waals surface area contributed by atoms with Crippen LogP contribution in [-0.2, 0) is 15.8 Å². The van der Waals surface area contributed by atoms with Crippen molar-refractivity contribution in [1.82, 2.24) is 5.32 Å². The molecule has 1 atom stereocenters. The van der Waals surface area contributed by atoms with Crippen molar-refractivity contribution in [3.63, 3.8) is 0 Å². The summed E-state index contributed by atoms with van der Waals surface area (Å²) in [5.74, 6) is -1.80. The van der Waals surface area contributed by atoms with E-state index in [1.54, 1.807) is 0 Å². The number of ketones is 1. The molecule has 0 spiro atoms. The van der Waals surface area contributed by atoms with Gasteiger partial charge < -0.3 is 10.6 Å². The number of nitriles is 1. The van der Waals surface area contributed by atoms with Crippen molar-refractivity contribution in [3.05, 3.63) is 86.6 Å². The molecule has 1 unspecified atom stereocenters. The fourth-order valence-electron chi connectivity index (χ4n) is 4.55. The molecule has 1 heterocycles. The molecule has 2 aliphatic rings. The summed E-state index contributed by atoms with van der Waals surface area (Å²) in [6.07, 6.45) is -3.40. The highest BCUT2D eigenvalue weighted by molar-refractivity contribution is 8.03. The normalized spacial score (nSPS) is 17.9. The number of carbonyl (C=O) groups excluding carboxylic acids is 2. The molecule has 5 nitrogen and oxygen atoms in total. The first kappa shape index (κ1) is 25.6. The number of nitrogens with one attached hydrogen (secondary N) is 2. The summed E-state index contributed by atoms with van der Waals surface area (Å²) in [5.41, 5.74) is 2.27. The molecule has 0 radical (unpaired) electrons.